The molecule has 0 aliphatic rings. The fourth-order valence-corrected chi connectivity index (χ4v) is 1.97. The van der Waals surface area contributed by atoms with E-state index in [2.05, 4.69) is 62.0 Å². The molecule has 3 nitrogen and oxygen atoms in total. The molecule has 0 aliphatic heterocycles. The van der Waals surface area contributed by atoms with Crippen LogP contribution in [0.25, 0.3) is 0 Å². The van der Waals surface area contributed by atoms with Gasteiger partial charge in [-0.05, 0) is 38.3 Å². The monoisotopic (exact) mass is 249 g/mol. The van der Waals surface area contributed by atoms with Crippen LogP contribution in [0, 0.1) is 5.92 Å². The highest BCUT2D eigenvalue weighted by Crippen LogP contribution is 2.12. The Kier molecular flexibility index (Phi) is 6.13. The van der Waals surface area contributed by atoms with Crippen LogP contribution in [0.3, 0.4) is 0 Å². The molecule has 0 aromatic carbocycles. The average Bonchev–Trinajstić information content (AvgIpc) is 2.30. The molecule has 18 heavy (non-hydrogen) atoms. The van der Waals surface area contributed by atoms with Crippen molar-refractivity contribution in [2.75, 3.05) is 18.4 Å². The number of pyridine rings is 1. The lowest BCUT2D eigenvalue weighted by Gasteiger charge is -2.28. The Balaban J connectivity index is 2.63. The standard InChI is InChI=1S/C15H27N3/c1-6-16-15-8-7-14(9-17-15)11-18(13(4)5)10-12(2)3/h7-9,12-13H,6,10-11H2,1-5H3,(H,16,17). The minimum atomic E-state index is 0.570. The number of aromatic nitrogens is 1. The van der Waals surface area contributed by atoms with E-state index in [1.165, 1.54) is 5.56 Å². The van der Waals surface area contributed by atoms with Gasteiger partial charge in [-0.2, -0.15) is 0 Å². The number of hydrogen-bond acceptors (Lipinski definition) is 3. The van der Waals surface area contributed by atoms with E-state index in [9.17, 15) is 0 Å². The van der Waals surface area contributed by atoms with Crippen LogP contribution in [0.2, 0.25) is 0 Å². The predicted molar refractivity (Wildman–Crippen MR) is 78.8 cm³/mol. The molecule has 0 radical (unpaired) electrons. The van der Waals surface area contributed by atoms with Crippen LogP contribution >= 0.6 is 0 Å². The van der Waals surface area contributed by atoms with Crippen LogP contribution in [-0.4, -0.2) is 29.0 Å². The molecule has 0 saturated carbocycles. The first kappa shape index (κ1) is 15.0. The number of rotatable bonds is 7. The first-order valence-electron chi connectivity index (χ1n) is 6.95. The van der Waals surface area contributed by atoms with Crippen molar-refractivity contribution in [2.24, 2.45) is 5.92 Å². The number of nitrogens with zero attached hydrogens (tertiary/aromatic N) is 2. The van der Waals surface area contributed by atoms with Crippen LogP contribution in [0.1, 0.15) is 40.2 Å². The highest BCUT2D eigenvalue weighted by atomic mass is 15.1. The molecule has 1 heterocycles. The molecule has 0 atom stereocenters. The number of anilines is 1. The summed E-state index contributed by atoms with van der Waals surface area (Å²) in [6.07, 6.45) is 1.98. The molecule has 0 fully saturated rings. The molecule has 0 saturated heterocycles. The summed E-state index contributed by atoms with van der Waals surface area (Å²) in [6, 6.07) is 4.80. The molecule has 1 aromatic rings. The zero-order valence-electron chi connectivity index (χ0n) is 12.4. The Morgan fingerprint density at radius 2 is 1.94 bits per heavy atom. The molecular weight excluding hydrogens is 222 g/mol. The van der Waals surface area contributed by atoms with Crippen molar-refractivity contribution >= 4 is 5.82 Å². The van der Waals surface area contributed by atoms with Crippen LogP contribution in [-0.2, 0) is 6.54 Å². The Morgan fingerprint density at radius 1 is 1.22 bits per heavy atom. The summed E-state index contributed by atoms with van der Waals surface area (Å²) in [5, 5.41) is 3.22. The topological polar surface area (TPSA) is 28.2 Å². The van der Waals surface area contributed by atoms with Crippen LogP contribution < -0.4 is 5.32 Å². The predicted octanol–water partition coefficient (Wildman–Crippen LogP) is 3.38. The normalized spacial score (nSPS) is 11.6. The number of nitrogens with one attached hydrogen (secondary N) is 1. The van der Waals surface area contributed by atoms with Crippen molar-refractivity contribution in [1.29, 1.82) is 0 Å². The molecule has 1 aromatic heterocycles. The second-order valence-electron chi connectivity index (χ2n) is 5.50. The van der Waals surface area contributed by atoms with Gasteiger partial charge in [-0.25, -0.2) is 4.98 Å². The van der Waals surface area contributed by atoms with E-state index in [4.69, 9.17) is 0 Å². The lowest BCUT2D eigenvalue weighted by atomic mass is 10.1. The molecule has 0 unspecified atom stereocenters. The zero-order valence-corrected chi connectivity index (χ0v) is 12.4. The van der Waals surface area contributed by atoms with Crippen molar-refractivity contribution < 1.29 is 0 Å². The summed E-state index contributed by atoms with van der Waals surface area (Å²) in [4.78, 5) is 6.92. The van der Waals surface area contributed by atoms with E-state index in [0.717, 1.165) is 25.5 Å². The second kappa shape index (κ2) is 7.37. The molecule has 3 heteroatoms. The molecule has 1 N–H and O–H groups in total. The molecule has 0 amide bonds. The van der Waals surface area contributed by atoms with Crippen LogP contribution in [0.15, 0.2) is 18.3 Å². The largest absolute Gasteiger partial charge is 0.370 e. The highest BCUT2D eigenvalue weighted by Gasteiger charge is 2.11. The lowest BCUT2D eigenvalue weighted by molar-refractivity contribution is 0.189. The van der Waals surface area contributed by atoms with Gasteiger partial charge >= 0.3 is 0 Å². The Labute approximate surface area is 112 Å². The molecule has 102 valence electrons. The Hall–Kier alpha value is -1.09. The van der Waals surface area contributed by atoms with Gasteiger partial charge in [0.2, 0.25) is 0 Å². The van der Waals surface area contributed by atoms with Gasteiger partial charge in [0.15, 0.2) is 0 Å². The smallest absolute Gasteiger partial charge is 0.125 e. The van der Waals surface area contributed by atoms with E-state index in [0.29, 0.717) is 12.0 Å². The van der Waals surface area contributed by atoms with Gasteiger partial charge in [0, 0.05) is 31.9 Å². The SMILES string of the molecule is CCNc1ccc(CN(CC(C)C)C(C)C)cn1. The summed E-state index contributed by atoms with van der Waals surface area (Å²) >= 11 is 0. The third-order valence-electron chi connectivity index (χ3n) is 2.90. The van der Waals surface area contributed by atoms with E-state index in [1.54, 1.807) is 0 Å². The maximum absolute atomic E-state index is 4.42. The number of hydrogen-bond donors (Lipinski definition) is 1. The van der Waals surface area contributed by atoms with Crippen LogP contribution in [0.5, 0.6) is 0 Å². The van der Waals surface area contributed by atoms with E-state index in [1.807, 2.05) is 6.20 Å². The van der Waals surface area contributed by atoms with Crippen LogP contribution in [0.4, 0.5) is 5.82 Å². The molecule has 0 aliphatic carbocycles. The quantitative estimate of drug-likeness (QED) is 0.803. The molecular formula is C15H27N3. The second-order valence-corrected chi connectivity index (χ2v) is 5.50. The van der Waals surface area contributed by atoms with Gasteiger partial charge in [0.1, 0.15) is 5.82 Å². The maximum Gasteiger partial charge on any atom is 0.125 e. The van der Waals surface area contributed by atoms with Gasteiger partial charge in [-0.15, -0.1) is 0 Å². The molecule has 0 spiro atoms. The van der Waals surface area contributed by atoms with Crippen molar-refractivity contribution in [3.05, 3.63) is 23.9 Å². The third kappa shape index (κ3) is 5.05. The summed E-state index contributed by atoms with van der Waals surface area (Å²) in [7, 11) is 0. The zero-order chi connectivity index (χ0) is 13.5. The van der Waals surface area contributed by atoms with Gasteiger partial charge in [-0.3, -0.25) is 4.90 Å². The summed E-state index contributed by atoms with van der Waals surface area (Å²) < 4.78 is 0. The van der Waals surface area contributed by atoms with Gasteiger partial charge < -0.3 is 5.32 Å². The van der Waals surface area contributed by atoms with Gasteiger partial charge in [0.25, 0.3) is 0 Å². The fraction of sp³-hybridized carbons (Fsp3) is 0.667. The average molecular weight is 249 g/mol. The minimum absolute atomic E-state index is 0.570. The van der Waals surface area contributed by atoms with Crippen molar-refractivity contribution in [3.8, 4) is 0 Å². The van der Waals surface area contributed by atoms with Crippen molar-refractivity contribution in [3.63, 3.8) is 0 Å². The first-order chi connectivity index (χ1) is 8.52. The third-order valence-corrected chi connectivity index (χ3v) is 2.90. The summed E-state index contributed by atoms with van der Waals surface area (Å²) in [6.45, 7) is 14.1. The molecule has 0 bridgehead atoms. The summed E-state index contributed by atoms with van der Waals surface area (Å²) in [5.74, 6) is 1.66. The van der Waals surface area contributed by atoms with Crippen molar-refractivity contribution in [1.82, 2.24) is 9.88 Å². The first-order valence-corrected chi connectivity index (χ1v) is 6.95. The summed E-state index contributed by atoms with van der Waals surface area (Å²) in [5.41, 5.74) is 1.28. The Bertz CT molecular complexity index is 330. The van der Waals surface area contributed by atoms with E-state index < -0.39 is 0 Å². The molecule has 1 rings (SSSR count). The lowest BCUT2D eigenvalue weighted by Crippen LogP contribution is -2.33. The van der Waals surface area contributed by atoms with E-state index in [-0.39, 0.29) is 0 Å². The Morgan fingerprint density at radius 3 is 2.39 bits per heavy atom. The highest BCUT2D eigenvalue weighted by molar-refractivity contribution is 5.35. The minimum Gasteiger partial charge on any atom is -0.370 e. The maximum atomic E-state index is 4.42. The van der Waals surface area contributed by atoms with Gasteiger partial charge in [0.05, 0.1) is 0 Å². The fourth-order valence-electron chi connectivity index (χ4n) is 1.97. The van der Waals surface area contributed by atoms with Gasteiger partial charge in [-0.1, -0.05) is 19.9 Å². The van der Waals surface area contributed by atoms with E-state index >= 15 is 0 Å². The van der Waals surface area contributed by atoms with Crippen molar-refractivity contribution in [2.45, 2.75) is 47.2 Å².